The van der Waals surface area contributed by atoms with Crippen LogP contribution in [-0.4, -0.2) is 39.4 Å². The number of carboxylic acids is 1. The van der Waals surface area contributed by atoms with Crippen LogP contribution < -0.4 is 10.3 Å². The quantitative estimate of drug-likeness (QED) is 0.610. The number of fused-ring (bicyclic) bond motifs is 1. The lowest BCUT2D eigenvalue weighted by Gasteiger charge is -2.29. The van der Waals surface area contributed by atoms with E-state index in [1.54, 1.807) is 36.4 Å². The molecule has 0 bridgehead atoms. The molecule has 1 heterocycles. The lowest BCUT2D eigenvalue weighted by Crippen LogP contribution is -2.50. The number of anilines is 1. The number of amides is 1. The lowest BCUT2D eigenvalue weighted by molar-refractivity contribution is -0.142. The van der Waals surface area contributed by atoms with Gasteiger partial charge in [-0.2, -0.15) is 5.10 Å². The number of allylic oxidation sites excluding steroid dienone is 2. The van der Waals surface area contributed by atoms with Gasteiger partial charge in [0.15, 0.2) is 11.3 Å². The van der Waals surface area contributed by atoms with Crippen LogP contribution in [0.1, 0.15) is 43.2 Å². The van der Waals surface area contributed by atoms with E-state index in [-0.39, 0.29) is 29.8 Å². The third-order valence-corrected chi connectivity index (χ3v) is 6.68. The van der Waals surface area contributed by atoms with Gasteiger partial charge >= 0.3 is 5.97 Å². The molecule has 3 N–H and O–H groups in total. The highest BCUT2D eigenvalue weighted by atomic mass is 16.4. The second-order valence-corrected chi connectivity index (χ2v) is 8.72. The smallest absolute Gasteiger partial charge is 0.335 e. The van der Waals surface area contributed by atoms with Crippen LogP contribution >= 0.6 is 0 Å². The second kappa shape index (κ2) is 8.24. The summed E-state index contributed by atoms with van der Waals surface area (Å²) >= 11 is 0. The topological polar surface area (TPSA) is 102 Å². The molecule has 1 atom stereocenters. The highest BCUT2D eigenvalue weighted by Crippen LogP contribution is 2.37. The van der Waals surface area contributed by atoms with Crippen LogP contribution in [0.2, 0.25) is 0 Å². The molecule has 0 radical (unpaired) electrons. The number of para-hydroxylation sites is 2. The van der Waals surface area contributed by atoms with Gasteiger partial charge in [0.1, 0.15) is 5.75 Å². The first-order valence-electron chi connectivity index (χ1n) is 11.2. The number of nitrogens with one attached hydrogen (secondary N) is 1. The number of benzene rings is 2. The van der Waals surface area contributed by atoms with E-state index in [4.69, 9.17) is 0 Å². The first-order valence-corrected chi connectivity index (χ1v) is 11.2. The highest BCUT2D eigenvalue weighted by molar-refractivity contribution is 6.54. The van der Waals surface area contributed by atoms with E-state index in [0.29, 0.717) is 16.7 Å². The van der Waals surface area contributed by atoms with Crippen molar-refractivity contribution in [3.63, 3.8) is 0 Å². The van der Waals surface area contributed by atoms with Gasteiger partial charge in [-0.3, -0.25) is 10.2 Å². The molecule has 33 heavy (non-hydrogen) atoms. The number of hydrogen-bond donors (Lipinski definition) is 3. The van der Waals surface area contributed by atoms with E-state index in [0.717, 1.165) is 31.4 Å². The molecule has 0 saturated heterocycles. The Morgan fingerprint density at radius 2 is 1.76 bits per heavy atom. The number of carboxylic acid groups (broad SMARTS) is 1. The first-order chi connectivity index (χ1) is 16.0. The van der Waals surface area contributed by atoms with Gasteiger partial charge in [0, 0.05) is 23.6 Å². The molecule has 1 aliphatic heterocycles. The number of rotatable bonds is 5. The zero-order chi connectivity index (χ0) is 23.0. The number of nitrogens with zero attached hydrogens (tertiary/aromatic N) is 2. The third kappa shape index (κ3) is 3.59. The molecule has 7 heteroatoms. The fourth-order valence-electron chi connectivity index (χ4n) is 4.96. The predicted molar refractivity (Wildman–Crippen MR) is 126 cm³/mol. The molecule has 2 aromatic carbocycles. The number of carbonyl (C=O) groups excluding carboxylic acids is 1. The van der Waals surface area contributed by atoms with E-state index in [9.17, 15) is 19.8 Å². The minimum atomic E-state index is -1.55. The summed E-state index contributed by atoms with van der Waals surface area (Å²) in [4.78, 5) is 27.6. The Morgan fingerprint density at radius 3 is 2.48 bits per heavy atom. The van der Waals surface area contributed by atoms with Crippen molar-refractivity contribution in [3.8, 4) is 5.75 Å². The van der Waals surface area contributed by atoms with Crippen LogP contribution in [0.5, 0.6) is 5.75 Å². The summed E-state index contributed by atoms with van der Waals surface area (Å²) in [5.74, 6) is -1.24. The van der Waals surface area contributed by atoms with Crippen molar-refractivity contribution in [1.82, 2.24) is 5.43 Å². The summed E-state index contributed by atoms with van der Waals surface area (Å²) in [6.07, 6.45) is 9.11. The van der Waals surface area contributed by atoms with Crippen molar-refractivity contribution in [1.29, 1.82) is 0 Å². The molecular formula is C26H25N3O4. The summed E-state index contributed by atoms with van der Waals surface area (Å²) in [7, 11) is 0. The van der Waals surface area contributed by atoms with Crippen molar-refractivity contribution in [2.75, 3.05) is 4.90 Å². The minimum absolute atomic E-state index is 0.0648. The second-order valence-electron chi connectivity index (χ2n) is 8.72. The van der Waals surface area contributed by atoms with Gasteiger partial charge in [-0.05, 0) is 36.6 Å². The maximum atomic E-state index is 13.4. The number of carbonyl (C=O) groups is 2. The minimum Gasteiger partial charge on any atom is -0.507 e. The van der Waals surface area contributed by atoms with E-state index in [1.807, 2.05) is 29.2 Å². The van der Waals surface area contributed by atoms with Crippen LogP contribution in [0.3, 0.4) is 0 Å². The highest BCUT2D eigenvalue weighted by Gasteiger charge is 2.42. The summed E-state index contributed by atoms with van der Waals surface area (Å²) in [6, 6.07) is 14.5. The third-order valence-electron chi connectivity index (χ3n) is 6.68. The molecule has 1 fully saturated rings. The van der Waals surface area contributed by atoms with Crippen molar-refractivity contribution in [2.24, 2.45) is 5.10 Å². The number of phenols is 1. The molecule has 1 unspecified atom stereocenters. The van der Waals surface area contributed by atoms with Gasteiger partial charge in [-0.1, -0.05) is 61.4 Å². The molecular weight excluding hydrogens is 418 g/mol. The number of aromatic hydroxyl groups is 1. The zero-order valence-corrected chi connectivity index (χ0v) is 18.1. The Morgan fingerprint density at radius 1 is 1.06 bits per heavy atom. The first kappa shape index (κ1) is 21.0. The van der Waals surface area contributed by atoms with E-state index >= 15 is 0 Å². The van der Waals surface area contributed by atoms with Gasteiger partial charge in [0.2, 0.25) is 0 Å². The number of aliphatic carboxylic acids is 1. The molecule has 2 aliphatic carbocycles. The van der Waals surface area contributed by atoms with Crippen LogP contribution in [0.15, 0.2) is 71.9 Å². The molecule has 1 amide bonds. The van der Waals surface area contributed by atoms with Gasteiger partial charge in [0.05, 0.1) is 5.69 Å². The average molecular weight is 444 g/mol. The Labute approximate surface area is 191 Å². The van der Waals surface area contributed by atoms with E-state index in [2.05, 4.69) is 10.5 Å². The van der Waals surface area contributed by atoms with Crippen LogP contribution in [-0.2, 0) is 9.59 Å². The zero-order valence-electron chi connectivity index (χ0n) is 18.1. The summed E-state index contributed by atoms with van der Waals surface area (Å²) < 4.78 is 0. The molecule has 3 aliphatic rings. The Bertz CT molecular complexity index is 1210. The van der Waals surface area contributed by atoms with Crippen molar-refractivity contribution in [2.45, 2.75) is 43.7 Å². The fraction of sp³-hybridized carbons (Fsp3) is 0.269. The van der Waals surface area contributed by atoms with Crippen molar-refractivity contribution in [3.05, 3.63) is 77.9 Å². The van der Waals surface area contributed by atoms with E-state index < -0.39 is 11.5 Å². The molecule has 7 nitrogen and oxygen atoms in total. The van der Waals surface area contributed by atoms with Crippen LogP contribution in [0.25, 0.3) is 5.57 Å². The van der Waals surface area contributed by atoms with E-state index in [1.165, 1.54) is 6.08 Å². The maximum Gasteiger partial charge on any atom is 0.335 e. The van der Waals surface area contributed by atoms with Gasteiger partial charge in [-0.25, -0.2) is 4.79 Å². The van der Waals surface area contributed by atoms with Gasteiger partial charge < -0.3 is 15.1 Å². The van der Waals surface area contributed by atoms with Gasteiger partial charge in [-0.15, -0.1) is 0 Å². The molecule has 0 aromatic heterocycles. The van der Waals surface area contributed by atoms with Crippen molar-refractivity contribution >= 4 is 28.8 Å². The lowest BCUT2D eigenvalue weighted by atomic mass is 9.84. The maximum absolute atomic E-state index is 13.4. The molecule has 2 aromatic rings. The SMILES string of the molecule is O=C1C(=NNC2(C(=O)O)C=CC=C(c3ccccc3O)C2)c2ccccc2N1C1CCCC1. The van der Waals surface area contributed by atoms with Crippen LogP contribution in [0.4, 0.5) is 5.69 Å². The number of hydrazone groups is 1. The van der Waals surface area contributed by atoms with Gasteiger partial charge in [0.25, 0.3) is 5.91 Å². The number of phenolic OH excluding ortho intramolecular Hbond substituents is 1. The molecule has 5 rings (SSSR count). The Kier molecular flexibility index (Phi) is 5.24. The molecule has 0 spiro atoms. The summed E-state index contributed by atoms with van der Waals surface area (Å²) in [6.45, 7) is 0. The Hall–Kier alpha value is -3.87. The fourth-order valence-corrected chi connectivity index (χ4v) is 4.96. The summed E-state index contributed by atoms with van der Waals surface area (Å²) in [5, 5.41) is 24.7. The molecule has 168 valence electrons. The monoisotopic (exact) mass is 443 g/mol. The largest absolute Gasteiger partial charge is 0.507 e. The standard InChI is InChI=1S/C26H25N3O4/c30-22-14-6-4-11-19(22)17-8-7-15-26(16-17,25(32)33)28-27-23-20-12-3-5-13-21(20)29(24(23)31)18-9-1-2-10-18/h3-8,11-15,18,28,30H,1-2,9-10,16H2,(H,32,33). The normalized spacial score (nSPS) is 23.6. The van der Waals surface area contributed by atoms with Crippen LogP contribution in [0, 0.1) is 0 Å². The predicted octanol–water partition coefficient (Wildman–Crippen LogP) is 3.84. The number of hydrogen-bond acceptors (Lipinski definition) is 5. The Balaban J connectivity index is 1.47. The van der Waals surface area contributed by atoms with Crippen molar-refractivity contribution < 1.29 is 19.8 Å². The average Bonchev–Trinajstić information content (AvgIpc) is 3.44. The molecule has 1 saturated carbocycles. The summed E-state index contributed by atoms with van der Waals surface area (Å²) in [5.41, 5.74) is 4.25.